The molecule has 0 aliphatic heterocycles. The molecule has 0 saturated heterocycles. The second kappa shape index (κ2) is 5.68. The summed E-state index contributed by atoms with van der Waals surface area (Å²) in [6.07, 6.45) is 0. The van der Waals surface area contributed by atoms with Gasteiger partial charge >= 0.3 is 0 Å². The zero-order chi connectivity index (χ0) is 15.6. The highest BCUT2D eigenvalue weighted by molar-refractivity contribution is 6.04. The Bertz CT molecular complexity index is 657. The predicted octanol–water partition coefficient (Wildman–Crippen LogP) is 4.30. The van der Waals surface area contributed by atoms with Crippen LogP contribution in [-0.4, -0.2) is 12.9 Å². The van der Waals surface area contributed by atoms with Crippen LogP contribution in [0.2, 0.25) is 0 Å². The molecule has 2 nitrogen and oxygen atoms in total. The zero-order valence-electron chi connectivity index (χ0n) is 12.7. The van der Waals surface area contributed by atoms with Gasteiger partial charge in [-0.15, -0.1) is 0 Å². The van der Waals surface area contributed by atoms with Crippen LogP contribution in [0, 0.1) is 12.7 Å². The van der Waals surface area contributed by atoms with Gasteiger partial charge in [0.25, 0.3) is 0 Å². The van der Waals surface area contributed by atoms with Gasteiger partial charge in [-0.05, 0) is 62.2 Å². The van der Waals surface area contributed by atoms with Crippen molar-refractivity contribution in [3.8, 4) is 5.75 Å². The Balaban J connectivity index is 2.40. The van der Waals surface area contributed by atoms with Crippen molar-refractivity contribution >= 4 is 5.78 Å². The van der Waals surface area contributed by atoms with Crippen LogP contribution < -0.4 is 4.74 Å². The molecule has 0 fully saturated rings. The van der Waals surface area contributed by atoms with Gasteiger partial charge in [0.15, 0.2) is 5.78 Å². The summed E-state index contributed by atoms with van der Waals surface area (Å²) in [5.41, 5.74) is 1.61. The normalized spacial score (nSPS) is 11.3. The molecule has 2 aromatic carbocycles. The molecule has 0 bridgehead atoms. The molecule has 2 aromatic rings. The molecule has 0 amide bonds. The molecule has 0 heterocycles. The lowest BCUT2D eigenvalue weighted by Crippen LogP contribution is -2.29. The summed E-state index contributed by atoms with van der Waals surface area (Å²) in [6, 6.07) is 11.5. The Morgan fingerprint density at radius 3 is 2.24 bits per heavy atom. The van der Waals surface area contributed by atoms with Crippen molar-refractivity contribution < 1.29 is 13.9 Å². The van der Waals surface area contributed by atoms with Gasteiger partial charge in [0.1, 0.15) is 11.6 Å². The van der Waals surface area contributed by atoms with Crippen LogP contribution in [-0.2, 0) is 5.41 Å². The lowest BCUT2D eigenvalue weighted by molar-refractivity contribution is 0.0908. The summed E-state index contributed by atoms with van der Waals surface area (Å²) in [4.78, 5) is 12.8. The van der Waals surface area contributed by atoms with Gasteiger partial charge in [-0.1, -0.05) is 12.1 Å². The van der Waals surface area contributed by atoms with Gasteiger partial charge in [0, 0.05) is 5.56 Å². The van der Waals surface area contributed by atoms with E-state index in [9.17, 15) is 9.18 Å². The van der Waals surface area contributed by atoms with Gasteiger partial charge in [0.2, 0.25) is 0 Å². The minimum Gasteiger partial charge on any atom is -0.497 e. The van der Waals surface area contributed by atoms with Crippen LogP contribution >= 0.6 is 0 Å². The summed E-state index contributed by atoms with van der Waals surface area (Å²) in [5, 5.41) is 0. The van der Waals surface area contributed by atoms with E-state index in [0.717, 1.165) is 16.9 Å². The molecule has 0 radical (unpaired) electrons. The van der Waals surface area contributed by atoms with E-state index in [1.807, 2.05) is 26.8 Å². The van der Waals surface area contributed by atoms with Gasteiger partial charge in [-0.3, -0.25) is 4.79 Å². The van der Waals surface area contributed by atoms with Gasteiger partial charge < -0.3 is 4.74 Å². The Kier molecular flexibility index (Phi) is 4.12. The van der Waals surface area contributed by atoms with Gasteiger partial charge in [0.05, 0.1) is 12.5 Å². The van der Waals surface area contributed by atoms with E-state index >= 15 is 0 Å². The number of hydrogen-bond donors (Lipinski definition) is 0. The lowest BCUT2D eigenvalue weighted by atomic mass is 9.77. The smallest absolute Gasteiger partial charge is 0.173 e. The van der Waals surface area contributed by atoms with Crippen molar-refractivity contribution in [1.29, 1.82) is 0 Å². The van der Waals surface area contributed by atoms with Crippen molar-refractivity contribution in [2.75, 3.05) is 7.11 Å². The number of ketones is 1. The first kappa shape index (κ1) is 15.2. The molecule has 3 heteroatoms. The Morgan fingerprint density at radius 1 is 1.10 bits per heavy atom. The molecule has 0 aliphatic rings. The van der Waals surface area contributed by atoms with E-state index in [4.69, 9.17) is 4.74 Å². The molecule has 21 heavy (non-hydrogen) atoms. The average Bonchev–Trinajstić information content (AvgIpc) is 2.46. The maximum absolute atomic E-state index is 13.0. The number of methoxy groups -OCH3 is 1. The summed E-state index contributed by atoms with van der Waals surface area (Å²) >= 11 is 0. The molecule has 0 atom stereocenters. The molecule has 0 N–H and O–H groups in total. The second-order valence-corrected chi connectivity index (χ2v) is 5.64. The monoisotopic (exact) mass is 286 g/mol. The highest BCUT2D eigenvalue weighted by Crippen LogP contribution is 2.30. The highest BCUT2D eigenvalue weighted by Gasteiger charge is 2.31. The van der Waals surface area contributed by atoms with Crippen LogP contribution in [0.1, 0.15) is 35.3 Å². The predicted molar refractivity (Wildman–Crippen MR) is 81.5 cm³/mol. The first-order valence-corrected chi connectivity index (χ1v) is 6.81. The summed E-state index contributed by atoms with van der Waals surface area (Å²) < 4.78 is 18.2. The molecule has 110 valence electrons. The first-order chi connectivity index (χ1) is 9.86. The number of ether oxygens (including phenoxy) is 1. The van der Waals surface area contributed by atoms with Crippen LogP contribution in [0.4, 0.5) is 4.39 Å². The van der Waals surface area contributed by atoms with Gasteiger partial charge in [-0.2, -0.15) is 0 Å². The van der Waals surface area contributed by atoms with Crippen molar-refractivity contribution in [2.45, 2.75) is 26.2 Å². The topological polar surface area (TPSA) is 26.3 Å². The third-order valence-electron chi connectivity index (χ3n) is 3.81. The molecular formula is C18H19FO2. The molecule has 0 spiro atoms. The minimum atomic E-state index is -0.715. The van der Waals surface area contributed by atoms with E-state index in [1.54, 1.807) is 31.4 Å². The fourth-order valence-corrected chi connectivity index (χ4v) is 2.35. The number of halogens is 1. The standard InChI is InChI=1S/C18H19FO2/c1-12-11-15(21-4)9-10-16(12)17(20)18(2,3)13-5-7-14(19)8-6-13/h5-11H,1-4H3. The molecule has 0 unspecified atom stereocenters. The van der Waals surface area contributed by atoms with E-state index in [-0.39, 0.29) is 11.6 Å². The van der Waals surface area contributed by atoms with Gasteiger partial charge in [-0.25, -0.2) is 4.39 Å². The Morgan fingerprint density at radius 2 is 1.71 bits per heavy atom. The van der Waals surface area contributed by atoms with Crippen molar-refractivity contribution in [2.24, 2.45) is 0 Å². The van der Waals surface area contributed by atoms with Crippen LogP contribution in [0.15, 0.2) is 42.5 Å². The van der Waals surface area contributed by atoms with Crippen molar-refractivity contribution in [3.05, 3.63) is 65.0 Å². The number of Topliss-reactive ketones (excluding diaryl/α,β-unsaturated/α-hetero) is 1. The molecule has 0 aromatic heterocycles. The maximum atomic E-state index is 13.0. The minimum absolute atomic E-state index is 0.00858. The number of rotatable bonds is 4. The second-order valence-electron chi connectivity index (χ2n) is 5.64. The van der Waals surface area contributed by atoms with E-state index in [2.05, 4.69) is 0 Å². The first-order valence-electron chi connectivity index (χ1n) is 6.81. The highest BCUT2D eigenvalue weighted by atomic mass is 19.1. The fraction of sp³-hybridized carbons (Fsp3) is 0.278. The molecule has 2 rings (SSSR count). The SMILES string of the molecule is COc1ccc(C(=O)C(C)(C)c2ccc(F)cc2)c(C)c1. The van der Waals surface area contributed by atoms with Crippen LogP contribution in [0.25, 0.3) is 0 Å². The number of aryl methyl sites for hydroxylation is 1. The molecule has 0 aliphatic carbocycles. The Labute approximate surface area is 124 Å². The van der Waals surface area contributed by atoms with E-state index in [0.29, 0.717) is 5.56 Å². The summed E-state index contributed by atoms with van der Waals surface area (Å²) in [7, 11) is 1.60. The molecular weight excluding hydrogens is 267 g/mol. The summed E-state index contributed by atoms with van der Waals surface area (Å²) in [6.45, 7) is 5.59. The lowest BCUT2D eigenvalue weighted by Gasteiger charge is -2.24. The third kappa shape index (κ3) is 2.97. The third-order valence-corrected chi connectivity index (χ3v) is 3.81. The number of hydrogen-bond acceptors (Lipinski definition) is 2. The number of benzene rings is 2. The number of carbonyl (C=O) groups excluding carboxylic acids is 1. The number of carbonyl (C=O) groups is 1. The van der Waals surface area contributed by atoms with Crippen molar-refractivity contribution in [1.82, 2.24) is 0 Å². The van der Waals surface area contributed by atoms with Crippen LogP contribution in [0.5, 0.6) is 5.75 Å². The fourth-order valence-electron chi connectivity index (χ4n) is 2.35. The van der Waals surface area contributed by atoms with E-state index in [1.165, 1.54) is 12.1 Å². The quantitative estimate of drug-likeness (QED) is 0.783. The zero-order valence-corrected chi connectivity index (χ0v) is 12.7. The summed E-state index contributed by atoms with van der Waals surface area (Å²) in [5.74, 6) is 0.431. The van der Waals surface area contributed by atoms with Crippen LogP contribution in [0.3, 0.4) is 0 Å². The largest absolute Gasteiger partial charge is 0.497 e. The van der Waals surface area contributed by atoms with E-state index < -0.39 is 5.41 Å². The average molecular weight is 286 g/mol. The maximum Gasteiger partial charge on any atom is 0.173 e. The Hall–Kier alpha value is -2.16. The molecule has 0 saturated carbocycles. The van der Waals surface area contributed by atoms with Crippen molar-refractivity contribution in [3.63, 3.8) is 0 Å².